The lowest BCUT2D eigenvalue weighted by Gasteiger charge is -1.99. The molecule has 3 heteroatoms. The smallest absolute Gasteiger partial charge is 0.0631 e. The fraction of sp³-hybridized carbons (Fsp3) is 0.143. The van der Waals surface area contributed by atoms with Crippen molar-refractivity contribution < 1.29 is 0 Å². The third-order valence-electron chi connectivity index (χ3n) is 1.24. The molecule has 0 spiro atoms. The average molecular weight is 159 g/mol. The molecule has 0 bridgehead atoms. The van der Waals surface area contributed by atoms with Gasteiger partial charge in [-0.1, -0.05) is 6.08 Å². The Bertz CT molecular complexity index is 181. The van der Waals surface area contributed by atoms with Gasteiger partial charge in [-0.2, -0.15) is 0 Å². The average Bonchev–Trinajstić information content (AvgIpc) is 2.37. The van der Waals surface area contributed by atoms with Gasteiger partial charge in [-0.15, -0.1) is 19.0 Å². The first kappa shape index (κ1) is 9.27. The minimum Gasteiger partial charge on any atom is -0.363 e. The molecule has 0 saturated carbocycles. The predicted octanol–water partition coefficient (Wildman–Crippen LogP) is 1.62. The molecule has 3 N–H and O–H groups in total. The van der Waals surface area contributed by atoms with Gasteiger partial charge in [0.25, 0.3) is 0 Å². The van der Waals surface area contributed by atoms with Crippen LogP contribution in [0.5, 0.6) is 0 Å². The van der Waals surface area contributed by atoms with Crippen molar-refractivity contribution in [3.8, 4) is 0 Å². The number of halogens is 1. The van der Waals surface area contributed by atoms with E-state index in [0.717, 1.165) is 5.69 Å². The zero-order valence-corrected chi connectivity index (χ0v) is 6.40. The van der Waals surface area contributed by atoms with Crippen molar-refractivity contribution in [1.29, 1.82) is 0 Å². The van der Waals surface area contributed by atoms with E-state index in [4.69, 9.17) is 5.73 Å². The summed E-state index contributed by atoms with van der Waals surface area (Å²) in [5.41, 5.74) is 6.59. The Morgan fingerprint density at radius 2 is 2.40 bits per heavy atom. The third kappa shape index (κ3) is 1.90. The topological polar surface area (TPSA) is 41.8 Å². The minimum absolute atomic E-state index is 0. The van der Waals surface area contributed by atoms with Crippen LogP contribution in [-0.4, -0.2) is 4.98 Å². The van der Waals surface area contributed by atoms with Crippen LogP contribution in [0.15, 0.2) is 31.0 Å². The highest BCUT2D eigenvalue weighted by Gasteiger charge is 1.97. The fourth-order valence-corrected chi connectivity index (χ4v) is 0.679. The molecule has 0 aromatic carbocycles. The quantitative estimate of drug-likeness (QED) is 0.632. The largest absolute Gasteiger partial charge is 0.363 e. The van der Waals surface area contributed by atoms with Crippen LogP contribution in [0.25, 0.3) is 0 Å². The lowest BCUT2D eigenvalue weighted by molar-refractivity contribution is 0.876. The molecule has 2 nitrogen and oxygen atoms in total. The van der Waals surface area contributed by atoms with E-state index < -0.39 is 0 Å². The number of aromatic amines is 1. The summed E-state index contributed by atoms with van der Waals surface area (Å²) in [6, 6.07) is 3.80. The van der Waals surface area contributed by atoms with Gasteiger partial charge in [-0.3, -0.25) is 0 Å². The summed E-state index contributed by atoms with van der Waals surface area (Å²) in [6.45, 7) is 3.57. The van der Waals surface area contributed by atoms with E-state index in [1.165, 1.54) is 0 Å². The molecule has 1 rings (SSSR count). The summed E-state index contributed by atoms with van der Waals surface area (Å²) >= 11 is 0. The van der Waals surface area contributed by atoms with Crippen LogP contribution in [0.4, 0.5) is 0 Å². The number of nitrogens with two attached hydrogens (primary N) is 1. The molecule has 0 fully saturated rings. The number of rotatable bonds is 2. The Hall–Kier alpha value is -0.730. The van der Waals surface area contributed by atoms with E-state index in [2.05, 4.69) is 11.6 Å². The van der Waals surface area contributed by atoms with Gasteiger partial charge < -0.3 is 10.7 Å². The summed E-state index contributed by atoms with van der Waals surface area (Å²) in [5, 5.41) is 0. The van der Waals surface area contributed by atoms with Gasteiger partial charge in [0.05, 0.1) is 6.04 Å². The molecule has 0 radical (unpaired) electrons. The zero-order chi connectivity index (χ0) is 6.69. The van der Waals surface area contributed by atoms with Crippen molar-refractivity contribution in [1.82, 2.24) is 4.98 Å². The third-order valence-corrected chi connectivity index (χ3v) is 1.24. The molecular formula is C7H11ClN2. The Morgan fingerprint density at radius 1 is 1.70 bits per heavy atom. The summed E-state index contributed by atoms with van der Waals surface area (Å²) in [5.74, 6) is 0. The van der Waals surface area contributed by atoms with Crippen LogP contribution in [0.2, 0.25) is 0 Å². The summed E-state index contributed by atoms with van der Waals surface area (Å²) in [6.07, 6.45) is 3.55. The van der Waals surface area contributed by atoms with Gasteiger partial charge in [0, 0.05) is 11.9 Å². The van der Waals surface area contributed by atoms with Gasteiger partial charge in [-0.25, -0.2) is 0 Å². The van der Waals surface area contributed by atoms with E-state index in [9.17, 15) is 0 Å². The molecule has 0 saturated heterocycles. The second-order valence-corrected chi connectivity index (χ2v) is 1.89. The molecule has 56 valence electrons. The zero-order valence-electron chi connectivity index (χ0n) is 5.58. The molecule has 0 amide bonds. The number of H-pyrrole nitrogens is 1. The Morgan fingerprint density at radius 3 is 2.80 bits per heavy atom. The van der Waals surface area contributed by atoms with Crippen molar-refractivity contribution >= 4 is 12.4 Å². The maximum Gasteiger partial charge on any atom is 0.0631 e. The van der Waals surface area contributed by atoms with Crippen molar-refractivity contribution in [3.05, 3.63) is 36.7 Å². The first-order valence-electron chi connectivity index (χ1n) is 2.86. The summed E-state index contributed by atoms with van der Waals surface area (Å²) in [4.78, 5) is 2.99. The van der Waals surface area contributed by atoms with Gasteiger partial charge in [-0.05, 0) is 12.1 Å². The number of hydrogen-bond acceptors (Lipinski definition) is 1. The molecule has 1 heterocycles. The number of hydrogen-bond donors (Lipinski definition) is 2. The molecule has 1 aromatic heterocycles. The molecule has 0 aliphatic carbocycles. The molecular weight excluding hydrogens is 148 g/mol. The number of aromatic nitrogens is 1. The molecule has 10 heavy (non-hydrogen) atoms. The first-order valence-corrected chi connectivity index (χ1v) is 2.86. The van der Waals surface area contributed by atoms with Gasteiger partial charge >= 0.3 is 0 Å². The monoisotopic (exact) mass is 158 g/mol. The maximum absolute atomic E-state index is 5.59. The highest BCUT2D eigenvalue weighted by Crippen LogP contribution is 2.05. The Balaban J connectivity index is 0.000000810. The van der Waals surface area contributed by atoms with E-state index >= 15 is 0 Å². The first-order chi connectivity index (χ1) is 4.34. The molecule has 0 aliphatic heterocycles. The number of nitrogens with one attached hydrogen (secondary N) is 1. The van der Waals surface area contributed by atoms with Gasteiger partial charge in [0.2, 0.25) is 0 Å². The highest BCUT2D eigenvalue weighted by molar-refractivity contribution is 5.85. The van der Waals surface area contributed by atoms with E-state index in [0.29, 0.717) is 0 Å². The van der Waals surface area contributed by atoms with Crippen molar-refractivity contribution in [2.24, 2.45) is 5.73 Å². The van der Waals surface area contributed by atoms with Crippen LogP contribution in [0.3, 0.4) is 0 Å². The maximum atomic E-state index is 5.59. The van der Waals surface area contributed by atoms with Crippen molar-refractivity contribution in [3.63, 3.8) is 0 Å². The molecule has 0 unspecified atom stereocenters. The van der Waals surface area contributed by atoms with Crippen LogP contribution < -0.4 is 5.73 Å². The van der Waals surface area contributed by atoms with Crippen molar-refractivity contribution in [2.75, 3.05) is 0 Å². The lowest BCUT2D eigenvalue weighted by atomic mass is 10.2. The lowest BCUT2D eigenvalue weighted by Crippen LogP contribution is -2.05. The highest BCUT2D eigenvalue weighted by atomic mass is 35.5. The van der Waals surface area contributed by atoms with Gasteiger partial charge in [0.1, 0.15) is 0 Å². The molecule has 1 aromatic rings. The van der Waals surface area contributed by atoms with E-state index in [-0.39, 0.29) is 18.4 Å². The van der Waals surface area contributed by atoms with Crippen LogP contribution in [0.1, 0.15) is 11.7 Å². The van der Waals surface area contributed by atoms with E-state index in [1.54, 1.807) is 6.08 Å². The Kier molecular flexibility index (Phi) is 3.84. The second-order valence-electron chi connectivity index (χ2n) is 1.89. The fourth-order valence-electron chi connectivity index (χ4n) is 0.679. The van der Waals surface area contributed by atoms with Gasteiger partial charge in [0.15, 0.2) is 0 Å². The van der Waals surface area contributed by atoms with E-state index in [1.807, 2.05) is 18.3 Å². The normalized spacial score (nSPS) is 11.7. The second kappa shape index (κ2) is 4.14. The van der Waals surface area contributed by atoms with Crippen molar-refractivity contribution in [2.45, 2.75) is 6.04 Å². The van der Waals surface area contributed by atoms with Crippen LogP contribution in [0, 0.1) is 0 Å². The molecule has 0 aliphatic rings. The summed E-state index contributed by atoms with van der Waals surface area (Å²) in [7, 11) is 0. The van der Waals surface area contributed by atoms with Crippen LogP contribution in [-0.2, 0) is 0 Å². The Labute approximate surface area is 66.5 Å². The summed E-state index contributed by atoms with van der Waals surface area (Å²) < 4.78 is 0. The predicted molar refractivity (Wildman–Crippen MR) is 45.2 cm³/mol. The minimum atomic E-state index is -0.0556. The molecule has 1 atom stereocenters. The van der Waals surface area contributed by atoms with Crippen LogP contribution >= 0.6 is 12.4 Å². The standard InChI is InChI=1S/C7H10N2.ClH/c1-2-6(8)7-4-3-5-9-7;/h2-6,9H,1,8H2;1H/t6-;/m0./s1. The SMILES string of the molecule is C=C[C@H](N)c1ccc[nH]1.Cl.